The van der Waals surface area contributed by atoms with Gasteiger partial charge in [0.15, 0.2) is 0 Å². The van der Waals surface area contributed by atoms with Gasteiger partial charge < -0.3 is 14.6 Å². The minimum absolute atomic E-state index is 0. The summed E-state index contributed by atoms with van der Waals surface area (Å²) in [4.78, 5) is 22.3. The Morgan fingerprint density at radius 2 is 1.07 bits per heavy atom. The van der Waals surface area contributed by atoms with E-state index >= 15 is 0 Å². The van der Waals surface area contributed by atoms with Gasteiger partial charge in [-0.1, -0.05) is 86.1 Å². The molecule has 6 nitrogen and oxygen atoms in total. The standard InChI is InChI=1S/C37H32N2O4.Na.H/c1-2-23-37(36(40)41,28-13-19-32(20-14-28)42-24-30-17-11-26-7-3-5-9-34(26)38-30)29-15-21-33(22-16-29)43-25-31-18-12-27-8-4-6-10-35(27)39-31;;/h3-22H,2,23-25H2,1H3,(H,40,41);;. The Kier molecular flexibility index (Phi) is 9.95. The van der Waals surface area contributed by atoms with Crippen molar-refractivity contribution in [1.29, 1.82) is 0 Å². The molecule has 44 heavy (non-hydrogen) atoms. The second-order valence-electron chi connectivity index (χ2n) is 10.6. The Hall–Kier alpha value is -4.23. The van der Waals surface area contributed by atoms with Gasteiger partial charge >= 0.3 is 35.5 Å². The Morgan fingerprint density at radius 1 is 0.636 bits per heavy atom. The molecular weight excluding hydrogens is 559 g/mol. The van der Waals surface area contributed by atoms with Crippen molar-refractivity contribution in [2.75, 3.05) is 0 Å². The zero-order valence-electron chi connectivity index (χ0n) is 23.9. The molecule has 0 aliphatic rings. The molecule has 1 N–H and O–H groups in total. The summed E-state index contributed by atoms with van der Waals surface area (Å²) >= 11 is 0. The molecule has 0 saturated carbocycles. The second-order valence-corrected chi connectivity index (χ2v) is 10.6. The molecule has 0 aliphatic heterocycles. The number of fused-ring (bicyclic) bond motifs is 2. The van der Waals surface area contributed by atoms with Crippen molar-refractivity contribution in [3.63, 3.8) is 0 Å². The maximum atomic E-state index is 12.9. The number of hydrogen-bond acceptors (Lipinski definition) is 5. The molecule has 0 atom stereocenters. The van der Waals surface area contributed by atoms with Gasteiger partial charge in [0, 0.05) is 10.8 Å². The van der Waals surface area contributed by atoms with Gasteiger partial charge in [0.05, 0.1) is 22.4 Å². The predicted molar refractivity (Wildman–Crippen MR) is 176 cm³/mol. The summed E-state index contributed by atoms with van der Waals surface area (Å²) in [5.74, 6) is 0.415. The van der Waals surface area contributed by atoms with Crippen LogP contribution in [0.4, 0.5) is 0 Å². The van der Waals surface area contributed by atoms with Crippen LogP contribution in [0.3, 0.4) is 0 Å². The summed E-state index contributed by atoms with van der Waals surface area (Å²) < 4.78 is 12.0. The Morgan fingerprint density at radius 3 is 1.48 bits per heavy atom. The van der Waals surface area contributed by atoms with Crippen molar-refractivity contribution in [3.05, 3.63) is 144 Å². The number of aliphatic carboxylic acids is 1. The van der Waals surface area contributed by atoms with Crippen LogP contribution >= 0.6 is 0 Å². The van der Waals surface area contributed by atoms with Crippen molar-refractivity contribution < 1.29 is 19.4 Å². The molecule has 0 fully saturated rings. The summed E-state index contributed by atoms with van der Waals surface area (Å²) in [6.45, 7) is 2.64. The maximum absolute atomic E-state index is 12.9. The molecule has 4 aromatic carbocycles. The van der Waals surface area contributed by atoms with Gasteiger partial charge in [0.2, 0.25) is 0 Å². The number of ether oxygens (including phenoxy) is 2. The molecule has 0 radical (unpaired) electrons. The van der Waals surface area contributed by atoms with Crippen molar-refractivity contribution in [1.82, 2.24) is 9.97 Å². The molecule has 0 saturated heterocycles. The van der Waals surface area contributed by atoms with E-state index in [2.05, 4.69) is 9.97 Å². The molecule has 0 unspecified atom stereocenters. The normalized spacial score (nSPS) is 11.2. The summed E-state index contributed by atoms with van der Waals surface area (Å²) in [7, 11) is 0. The summed E-state index contributed by atoms with van der Waals surface area (Å²) in [6.07, 6.45) is 1.15. The quantitative estimate of drug-likeness (QED) is 0.157. The Balaban J connectivity index is 0.00000384. The van der Waals surface area contributed by atoms with Gasteiger partial charge in [-0.25, -0.2) is 9.97 Å². The van der Waals surface area contributed by atoms with Gasteiger partial charge in [-0.3, -0.25) is 4.79 Å². The summed E-state index contributed by atoms with van der Waals surface area (Å²) in [5, 5.41) is 12.8. The number of carboxylic acids is 1. The molecule has 6 rings (SSSR count). The molecule has 0 amide bonds. The van der Waals surface area contributed by atoms with Crippen molar-refractivity contribution >= 4 is 57.3 Å². The van der Waals surface area contributed by atoms with E-state index in [1.54, 1.807) is 0 Å². The van der Waals surface area contributed by atoms with Crippen LogP contribution in [-0.2, 0) is 23.4 Å². The first-order chi connectivity index (χ1) is 21.0. The van der Waals surface area contributed by atoms with E-state index in [0.717, 1.165) is 33.2 Å². The second kappa shape index (κ2) is 14.0. The fraction of sp³-hybridized carbons (Fsp3) is 0.162. The monoisotopic (exact) mass is 592 g/mol. The third kappa shape index (κ3) is 6.63. The number of hydrogen-bond donors (Lipinski definition) is 1. The minimum atomic E-state index is -1.20. The predicted octanol–water partition coefficient (Wildman–Crippen LogP) is 7.46. The van der Waals surface area contributed by atoms with E-state index in [9.17, 15) is 9.90 Å². The molecular formula is C37H33N2NaO4. The zero-order valence-corrected chi connectivity index (χ0v) is 23.9. The molecule has 7 heteroatoms. The van der Waals surface area contributed by atoms with E-state index in [0.29, 0.717) is 48.7 Å². The van der Waals surface area contributed by atoms with Crippen LogP contribution in [0.25, 0.3) is 21.8 Å². The van der Waals surface area contributed by atoms with Crippen LogP contribution in [-0.4, -0.2) is 50.6 Å². The van der Waals surface area contributed by atoms with E-state index in [1.807, 2.05) is 128 Å². The van der Waals surface area contributed by atoms with Gasteiger partial charge in [-0.2, -0.15) is 0 Å². The van der Waals surface area contributed by atoms with Gasteiger partial charge in [-0.15, -0.1) is 0 Å². The van der Waals surface area contributed by atoms with Crippen LogP contribution in [0.15, 0.2) is 121 Å². The molecule has 6 aromatic rings. The van der Waals surface area contributed by atoms with Crippen molar-refractivity contribution in [3.8, 4) is 11.5 Å². The SMILES string of the molecule is CCCC(C(=O)O)(c1ccc(OCc2ccc3ccccc3n2)cc1)c1ccc(OCc2ccc3ccccc3n2)cc1.[NaH]. The molecule has 216 valence electrons. The number of pyridine rings is 2. The van der Waals surface area contributed by atoms with Crippen LogP contribution in [0.1, 0.15) is 42.3 Å². The molecule has 0 spiro atoms. The fourth-order valence-electron chi connectivity index (χ4n) is 5.55. The topological polar surface area (TPSA) is 81.5 Å². The van der Waals surface area contributed by atoms with E-state index in [-0.39, 0.29) is 29.6 Å². The average Bonchev–Trinajstić information content (AvgIpc) is 3.05. The number of benzene rings is 4. The van der Waals surface area contributed by atoms with Crippen molar-refractivity contribution in [2.24, 2.45) is 0 Å². The number of nitrogens with zero attached hydrogens (tertiary/aromatic N) is 2. The van der Waals surface area contributed by atoms with E-state index in [4.69, 9.17) is 9.47 Å². The average molecular weight is 593 g/mol. The number of para-hydroxylation sites is 2. The Bertz CT molecular complexity index is 1750. The summed E-state index contributed by atoms with van der Waals surface area (Å²) in [6, 6.07) is 38.6. The van der Waals surface area contributed by atoms with Gasteiger partial charge in [0.1, 0.15) is 30.1 Å². The molecule has 0 aliphatic carbocycles. The third-order valence-electron chi connectivity index (χ3n) is 7.77. The zero-order chi connectivity index (χ0) is 29.6. The van der Waals surface area contributed by atoms with E-state index in [1.165, 1.54) is 0 Å². The first-order valence-corrected chi connectivity index (χ1v) is 14.4. The van der Waals surface area contributed by atoms with Gasteiger partial charge in [-0.05, 0) is 66.1 Å². The van der Waals surface area contributed by atoms with Crippen LogP contribution < -0.4 is 9.47 Å². The van der Waals surface area contributed by atoms with Crippen LogP contribution in [0.2, 0.25) is 0 Å². The fourth-order valence-corrected chi connectivity index (χ4v) is 5.55. The summed E-state index contributed by atoms with van der Waals surface area (Å²) in [5.41, 5.74) is 3.70. The first kappa shape index (κ1) is 31.2. The third-order valence-corrected chi connectivity index (χ3v) is 7.77. The molecule has 0 bridgehead atoms. The molecule has 2 aromatic heterocycles. The van der Waals surface area contributed by atoms with Crippen molar-refractivity contribution in [2.45, 2.75) is 38.4 Å². The first-order valence-electron chi connectivity index (χ1n) is 14.4. The van der Waals surface area contributed by atoms with Crippen LogP contribution in [0.5, 0.6) is 11.5 Å². The number of rotatable bonds is 11. The van der Waals surface area contributed by atoms with Crippen LogP contribution in [0, 0.1) is 0 Å². The van der Waals surface area contributed by atoms with Gasteiger partial charge in [0.25, 0.3) is 0 Å². The number of aromatic nitrogens is 2. The Labute approximate surface area is 279 Å². The van der Waals surface area contributed by atoms with E-state index < -0.39 is 11.4 Å². The molecule has 2 heterocycles. The number of carboxylic acid groups (broad SMARTS) is 1. The number of carbonyl (C=O) groups is 1.